The molecular weight excluding hydrogens is 433 g/mol. The normalized spacial score (nSPS) is 15.6. The SMILES string of the molecule is Cc1ccc(C(=O)NC2CCN(c3ccc(C(F)(F)F)cn3)CC2)cc1NS(C)(=O)=O. The molecule has 1 aromatic heterocycles. The monoisotopic (exact) mass is 456 g/mol. The highest BCUT2D eigenvalue weighted by Crippen LogP contribution is 2.30. The Morgan fingerprint density at radius 1 is 1.16 bits per heavy atom. The number of hydrogen-bond acceptors (Lipinski definition) is 5. The standard InChI is InChI=1S/C20H23F3N4O3S/c1-13-3-4-14(11-17(13)26-31(2,29)30)19(28)25-16-7-9-27(10-8-16)18-6-5-15(12-24-18)20(21,22)23/h3-6,11-12,16,26H,7-10H2,1-2H3,(H,25,28). The van der Waals surface area contributed by atoms with E-state index in [2.05, 4.69) is 15.0 Å². The molecule has 168 valence electrons. The van der Waals surface area contributed by atoms with E-state index in [4.69, 9.17) is 0 Å². The second kappa shape index (κ2) is 8.74. The molecule has 0 aliphatic carbocycles. The van der Waals surface area contributed by atoms with Crippen LogP contribution in [0.3, 0.4) is 0 Å². The number of halogens is 3. The summed E-state index contributed by atoms with van der Waals surface area (Å²) in [7, 11) is -3.47. The second-order valence-corrected chi connectivity index (χ2v) is 9.29. The van der Waals surface area contributed by atoms with Crippen molar-refractivity contribution in [2.75, 3.05) is 29.0 Å². The Bertz CT molecular complexity index is 1050. The van der Waals surface area contributed by atoms with Gasteiger partial charge in [0.1, 0.15) is 5.82 Å². The van der Waals surface area contributed by atoms with Gasteiger partial charge in [-0.25, -0.2) is 13.4 Å². The molecule has 1 aliphatic rings. The summed E-state index contributed by atoms with van der Waals surface area (Å²) in [5.41, 5.74) is 0.586. The summed E-state index contributed by atoms with van der Waals surface area (Å²) in [4.78, 5) is 18.4. The molecule has 2 N–H and O–H groups in total. The zero-order valence-corrected chi connectivity index (χ0v) is 17.8. The molecule has 1 aromatic carbocycles. The number of benzene rings is 1. The number of anilines is 2. The number of amides is 1. The Morgan fingerprint density at radius 3 is 2.39 bits per heavy atom. The van der Waals surface area contributed by atoms with E-state index in [1.54, 1.807) is 19.1 Å². The van der Waals surface area contributed by atoms with Gasteiger partial charge in [-0.3, -0.25) is 9.52 Å². The molecule has 11 heteroatoms. The number of piperidine rings is 1. The Hall–Kier alpha value is -2.82. The van der Waals surface area contributed by atoms with E-state index in [1.165, 1.54) is 12.1 Å². The summed E-state index contributed by atoms with van der Waals surface area (Å²) in [6, 6.07) is 7.04. The van der Waals surface area contributed by atoms with Gasteiger partial charge < -0.3 is 10.2 Å². The molecular formula is C20H23F3N4O3S. The quantitative estimate of drug-likeness (QED) is 0.721. The van der Waals surface area contributed by atoms with Gasteiger partial charge in [0.15, 0.2) is 0 Å². The molecule has 2 aromatic rings. The fourth-order valence-corrected chi connectivity index (χ4v) is 3.95. The van der Waals surface area contributed by atoms with Gasteiger partial charge >= 0.3 is 6.18 Å². The number of carbonyl (C=O) groups excluding carboxylic acids is 1. The highest BCUT2D eigenvalue weighted by atomic mass is 32.2. The zero-order chi connectivity index (χ0) is 22.8. The lowest BCUT2D eigenvalue weighted by Crippen LogP contribution is -2.45. The summed E-state index contributed by atoms with van der Waals surface area (Å²) >= 11 is 0. The Morgan fingerprint density at radius 2 is 1.84 bits per heavy atom. The lowest BCUT2D eigenvalue weighted by molar-refractivity contribution is -0.137. The van der Waals surface area contributed by atoms with Crippen molar-refractivity contribution >= 4 is 27.4 Å². The molecule has 1 amide bonds. The van der Waals surface area contributed by atoms with E-state index in [0.29, 0.717) is 48.6 Å². The number of nitrogens with one attached hydrogen (secondary N) is 2. The van der Waals surface area contributed by atoms with Crippen LogP contribution in [-0.4, -0.2) is 44.7 Å². The number of pyridine rings is 1. The third kappa shape index (κ3) is 6.09. The lowest BCUT2D eigenvalue weighted by Gasteiger charge is -2.33. The first-order chi connectivity index (χ1) is 14.4. The van der Waals surface area contributed by atoms with E-state index in [0.717, 1.165) is 18.5 Å². The fourth-order valence-electron chi connectivity index (χ4n) is 3.34. The van der Waals surface area contributed by atoms with Crippen LogP contribution in [0.25, 0.3) is 0 Å². The van der Waals surface area contributed by atoms with Crippen LogP contribution in [0.1, 0.15) is 34.3 Å². The van der Waals surface area contributed by atoms with Gasteiger partial charge in [-0.05, 0) is 49.6 Å². The Kier molecular flexibility index (Phi) is 6.44. The maximum atomic E-state index is 12.7. The van der Waals surface area contributed by atoms with Crippen LogP contribution < -0.4 is 14.9 Å². The number of carbonyl (C=O) groups is 1. The zero-order valence-electron chi connectivity index (χ0n) is 17.0. The average Bonchev–Trinajstić information content (AvgIpc) is 2.68. The lowest BCUT2D eigenvalue weighted by atomic mass is 10.0. The summed E-state index contributed by atoms with van der Waals surface area (Å²) in [5, 5.41) is 2.93. The third-order valence-electron chi connectivity index (χ3n) is 5.02. The number of alkyl halides is 3. The van der Waals surface area contributed by atoms with Gasteiger partial charge in [0, 0.05) is 30.9 Å². The van der Waals surface area contributed by atoms with Crippen molar-refractivity contribution in [2.24, 2.45) is 0 Å². The molecule has 0 unspecified atom stereocenters. The molecule has 0 atom stereocenters. The molecule has 7 nitrogen and oxygen atoms in total. The van der Waals surface area contributed by atoms with E-state index < -0.39 is 21.8 Å². The minimum Gasteiger partial charge on any atom is -0.356 e. The Balaban J connectivity index is 1.58. The van der Waals surface area contributed by atoms with Crippen molar-refractivity contribution in [3.63, 3.8) is 0 Å². The van der Waals surface area contributed by atoms with Gasteiger partial charge in [0.2, 0.25) is 10.0 Å². The van der Waals surface area contributed by atoms with E-state index in [-0.39, 0.29) is 11.9 Å². The van der Waals surface area contributed by atoms with Crippen molar-refractivity contribution in [1.82, 2.24) is 10.3 Å². The third-order valence-corrected chi connectivity index (χ3v) is 5.62. The first-order valence-electron chi connectivity index (χ1n) is 9.60. The smallest absolute Gasteiger partial charge is 0.356 e. The summed E-state index contributed by atoms with van der Waals surface area (Å²) < 4.78 is 63.4. The van der Waals surface area contributed by atoms with E-state index in [1.807, 2.05) is 4.90 Å². The van der Waals surface area contributed by atoms with E-state index >= 15 is 0 Å². The number of rotatable bonds is 5. The topological polar surface area (TPSA) is 91.4 Å². The van der Waals surface area contributed by atoms with Crippen molar-refractivity contribution < 1.29 is 26.4 Å². The molecule has 1 aliphatic heterocycles. The number of sulfonamides is 1. The van der Waals surface area contributed by atoms with Crippen molar-refractivity contribution in [3.8, 4) is 0 Å². The van der Waals surface area contributed by atoms with Gasteiger partial charge in [-0.1, -0.05) is 6.07 Å². The van der Waals surface area contributed by atoms with Crippen LogP contribution in [-0.2, 0) is 16.2 Å². The highest BCUT2D eigenvalue weighted by Gasteiger charge is 2.31. The van der Waals surface area contributed by atoms with Gasteiger partial charge in [-0.15, -0.1) is 0 Å². The average molecular weight is 456 g/mol. The second-order valence-electron chi connectivity index (χ2n) is 7.54. The maximum Gasteiger partial charge on any atom is 0.417 e. The van der Waals surface area contributed by atoms with Gasteiger partial charge in [-0.2, -0.15) is 13.2 Å². The molecule has 0 bridgehead atoms. The fraction of sp³-hybridized carbons (Fsp3) is 0.400. The van der Waals surface area contributed by atoms with Gasteiger partial charge in [0.05, 0.1) is 17.5 Å². The molecule has 0 spiro atoms. The number of hydrogen-bond donors (Lipinski definition) is 2. The first kappa shape index (κ1) is 22.9. The predicted molar refractivity (Wildman–Crippen MR) is 112 cm³/mol. The summed E-state index contributed by atoms with van der Waals surface area (Å²) in [6.45, 7) is 2.82. The highest BCUT2D eigenvalue weighted by molar-refractivity contribution is 7.92. The van der Waals surface area contributed by atoms with Gasteiger partial charge in [0.25, 0.3) is 5.91 Å². The predicted octanol–water partition coefficient (Wildman–Crippen LogP) is 3.18. The van der Waals surface area contributed by atoms with Crippen LogP contribution in [0.4, 0.5) is 24.7 Å². The Labute approximate surface area is 178 Å². The minimum absolute atomic E-state index is 0.106. The number of aromatic nitrogens is 1. The van der Waals surface area contributed by atoms with Crippen LogP contribution in [0.2, 0.25) is 0 Å². The van der Waals surface area contributed by atoms with Crippen molar-refractivity contribution in [2.45, 2.75) is 32.0 Å². The number of aryl methyl sites for hydroxylation is 1. The number of nitrogens with zero attached hydrogens (tertiary/aromatic N) is 2. The maximum absolute atomic E-state index is 12.7. The molecule has 1 fully saturated rings. The van der Waals surface area contributed by atoms with Crippen LogP contribution in [0, 0.1) is 6.92 Å². The molecule has 0 saturated carbocycles. The van der Waals surface area contributed by atoms with Crippen molar-refractivity contribution in [3.05, 3.63) is 53.2 Å². The van der Waals surface area contributed by atoms with Crippen LogP contribution in [0.5, 0.6) is 0 Å². The largest absolute Gasteiger partial charge is 0.417 e. The minimum atomic E-state index is -4.42. The first-order valence-corrected chi connectivity index (χ1v) is 11.5. The van der Waals surface area contributed by atoms with Crippen LogP contribution in [0.15, 0.2) is 36.5 Å². The summed E-state index contributed by atoms with van der Waals surface area (Å²) in [6.07, 6.45) is -1.35. The van der Waals surface area contributed by atoms with Crippen molar-refractivity contribution in [1.29, 1.82) is 0 Å². The molecule has 1 saturated heterocycles. The molecule has 2 heterocycles. The van der Waals surface area contributed by atoms with E-state index in [9.17, 15) is 26.4 Å². The molecule has 31 heavy (non-hydrogen) atoms. The summed E-state index contributed by atoms with van der Waals surface area (Å²) in [5.74, 6) is 0.149. The van der Waals surface area contributed by atoms with Crippen LogP contribution >= 0.6 is 0 Å². The molecule has 0 radical (unpaired) electrons. The molecule has 3 rings (SSSR count).